The Hall–Kier alpha value is -0.200. The van der Waals surface area contributed by atoms with Crippen LogP contribution >= 0.6 is 23.5 Å². The van der Waals surface area contributed by atoms with Crippen LogP contribution in [0.4, 0.5) is 0 Å². The van der Waals surface area contributed by atoms with Gasteiger partial charge in [0.05, 0.1) is 17.9 Å². The fourth-order valence-electron chi connectivity index (χ4n) is 2.20. The van der Waals surface area contributed by atoms with E-state index in [1.54, 1.807) is 0 Å². The van der Waals surface area contributed by atoms with E-state index in [0.717, 1.165) is 6.54 Å². The average Bonchev–Trinajstić information content (AvgIpc) is 2.74. The quantitative estimate of drug-likeness (QED) is 0.904. The third kappa shape index (κ3) is 2.98. The Morgan fingerprint density at radius 3 is 2.88 bits per heavy atom. The molecule has 2 rings (SSSR count). The van der Waals surface area contributed by atoms with Crippen molar-refractivity contribution in [2.45, 2.75) is 30.4 Å². The molecule has 1 saturated heterocycles. The maximum absolute atomic E-state index is 4.05. The van der Waals surface area contributed by atoms with Crippen LogP contribution in [0, 0.1) is 0 Å². The first kappa shape index (κ1) is 13.2. The molecule has 1 aliphatic heterocycles. The van der Waals surface area contributed by atoms with E-state index in [0.29, 0.717) is 16.5 Å². The lowest BCUT2D eigenvalue weighted by Gasteiger charge is -2.34. The van der Waals surface area contributed by atoms with Crippen molar-refractivity contribution < 1.29 is 0 Å². The molecule has 4 nitrogen and oxygen atoms in total. The van der Waals surface area contributed by atoms with E-state index >= 15 is 0 Å². The van der Waals surface area contributed by atoms with Crippen molar-refractivity contribution in [3.63, 3.8) is 0 Å². The summed E-state index contributed by atoms with van der Waals surface area (Å²) in [6, 6.07) is 0.354. The summed E-state index contributed by atoms with van der Waals surface area (Å²) >= 11 is 4.15. The lowest BCUT2D eigenvalue weighted by molar-refractivity contribution is 0.488. The topological polar surface area (TPSA) is 42.7 Å². The van der Waals surface area contributed by atoms with Crippen LogP contribution in [-0.2, 0) is 7.05 Å². The molecule has 3 unspecified atom stereocenters. The van der Waals surface area contributed by atoms with Crippen LogP contribution < -0.4 is 5.32 Å². The summed E-state index contributed by atoms with van der Waals surface area (Å²) < 4.78 is 1.89. The van der Waals surface area contributed by atoms with Crippen molar-refractivity contribution in [3.05, 3.63) is 11.9 Å². The molecule has 0 saturated carbocycles. The molecule has 6 heteroatoms. The van der Waals surface area contributed by atoms with Gasteiger partial charge in [0.1, 0.15) is 0 Å². The van der Waals surface area contributed by atoms with E-state index in [1.807, 2.05) is 17.9 Å². The number of nitrogens with zero attached hydrogens (tertiary/aromatic N) is 3. The minimum absolute atomic E-state index is 0.354. The van der Waals surface area contributed by atoms with Gasteiger partial charge in [-0.2, -0.15) is 23.5 Å². The Balaban J connectivity index is 2.19. The number of hydrogen-bond donors (Lipinski definition) is 1. The third-order valence-electron chi connectivity index (χ3n) is 3.06. The highest BCUT2D eigenvalue weighted by atomic mass is 32.2. The number of thioether (sulfide) groups is 2. The predicted molar refractivity (Wildman–Crippen MR) is 75.6 cm³/mol. The molecule has 1 N–H and O–H groups in total. The molecule has 1 aliphatic rings. The second-order valence-electron chi connectivity index (χ2n) is 4.23. The lowest BCUT2D eigenvalue weighted by atomic mass is 10.1. The van der Waals surface area contributed by atoms with Crippen molar-refractivity contribution in [2.24, 2.45) is 7.05 Å². The summed E-state index contributed by atoms with van der Waals surface area (Å²) in [6.07, 6.45) is 1.89. The van der Waals surface area contributed by atoms with Crippen LogP contribution in [0.15, 0.2) is 6.20 Å². The van der Waals surface area contributed by atoms with E-state index in [2.05, 4.69) is 53.0 Å². The van der Waals surface area contributed by atoms with Gasteiger partial charge in [0.25, 0.3) is 0 Å². The zero-order chi connectivity index (χ0) is 12.3. The second-order valence-corrected chi connectivity index (χ2v) is 7.00. The van der Waals surface area contributed by atoms with Crippen molar-refractivity contribution in [1.29, 1.82) is 0 Å². The van der Waals surface area contributed by atoms with Gasteiger partial charge >= 0.3 is 0 Å². The summed E-state index contributed by atoms with van der Waals surface area (Å²) in [4.78, 5) is 0. The number of nitrogens with one attached hydrogen (secondary N) is 1. The largest absolute Gasteiger partial charge is 0.308 e. The normalized spacial score (nSPS) is 27.0. The summed E-state index contributed by atoms with van der Waals surface area (Å²) in [5, 5.41) is 12.9. The van der Waals surface area contributed by atoms with Gasteiger partial charge in [0.15, 0.2) is 0 Å². The van der Waals surface area contributed by atoms with E-state index in [1.165, 1.54) is 17.2 Å². The van der Waals surface area contributed by atoms with Crippen molar-refractivity contribution in [3.8, 4) is 0 Å². The molecule has 1 aromatic heterocycles. The van der Waals surface area contributed by atoms with Crippen LogP contribution in [0.3, 0.4) is 0 Å². The molecule has 96 valence electrons. The molecule has 0 aromatic carbocycles. The average molecular weight is 272 g/mol. The number of rotatable bonds is 4. The Morgan fingerprint density at radius 2 is 2.29 bits per heavy atom. The van der Waals surface area contributed by atoms with Crippen LogP contribution in [0.1, 0.15) is 25.6 Å². The maximum atomic E-state index is 4.05. The minimum atomic E-state index is 0.354. The van der Waals surface area contributed by atoms with Gasteiger partial charge in [-0.25, -0.2) is 0 Å². The monoisotopic (exact) mass is 272 g/mol. The predicted octanol–water partition coefficient (Wildman–Crippen LogP) is 1.70. The van der Waals surface area contributed by atoms with E-state index in [-0.39, 0.29) is 0 Å². The van der Waals surface area contributed by atoms with Crippen LogP contribution in [0.25, 0.3) is 0 Å². The van der Waals surface area contributed by atoms with E-state index < -0.39 is 0 Å². The Bertz CT molecular complexity index is 355. The SMILES string of the molecule is CCNC(c1cnnn1C)C1SCCSC1C. The zero-order valence-electron chi connectivity index (χ0n) is 10.6. The smallest absolute Gasteiger partial charge is 0.0764 e. The first-order chi connectivity index (χ1) is 8.24. The van der Waals surface area contributed by atoms with Crippen molar-refractivity contribution >= 4 is 23.5 Å². The van der Waals surface area contributed by atoms with Crippen LogP contribution in [-0.4, -0.2) is 43.5 Å². The summed E-state index contributed by atoms with van der Waals surface area (Å²) in [6.45, 7) is 5.46. The highest BCUT2D eigenvalue weighted by molar-refractivity contribution is 8.07. The third-order valence-corrected chi connectivity index (χ3v) is 6.25. The fourth-order valence-corrected chi connectivity index (χ4v) is 5.14. The molecule has 0 amide bonds. The molecule has 17 heavy (non-hydrogen) atoms. The Labute approximate surface area is 111 Å². The molecule has 1 aromatic rings. The van der Waals surface area contributed by atoms with Crippen LogP contribution in [0.2, 0.25) is 0 Å². The fraction of sp³-hybridized carbons (Fsp3) is 0.818. The van der Waals surface area contributed by atoms with E-state index in [4.69, 9.17) is 0 Å². The standard InChI is InChI=1S/C11H20N4S2/c1-4-12-10(9-7-13-14-15(9)3)11-8(2)16-5-6-17-11/h7-8,10-12H,4-6H2,1-3H3. The first-order valence-corrected chi connectivity index (χ1v) is 8.15. The molecule has 0 aliphatic carbocycles. The van der Waals surface area contributed by atoms with Crippen molar-refractivity contribution in [2.75, 3.05) is 18.1 Å². The van der Waals surface area contributed by atoms with Gasteiger partial charge in [-0.05, 0) is 6.54 Å². The van der Waals surface area contributed by atoms with Crippen molar-refractivity contribution in [1.82, 2.24) is 20.3 Å². The molecule has 0 radical (unpaired) electrons. The highest BCUT2D eigenvalue weighted by Crippen LogP contribution is 2.38. The van der Waals surface area contributed by atoms with Gasteiger partial charge in [-0.15, -0.1) is 5.10 Å². The molecule has 2 heterocycles. The Kier molecular flexibility index (Phi) is 4.76. The minimum Gasteiger partial charge on any atom is -0.308 e. The van der Waals surface area contributed by atoms with Gasteiger partial charge in [-0.1, -0.05) is 19.1 Å². The first-order valence-electron chi connectivity index (χ1n) is 6.05. The molecular weight excluding hydrogens is 252 g/mol. The van der Waals surface area contributed by atoms with Gasteiger partial charge in [0.2, 0.25) is 0 Å². The molecule has 3 atom stereocenters. The zero-order valence-corrected chi connectivity index (χ0v) is 12.2. The Morgan fingerprint density at radius 1 is 1.53 bits per heavy atom. The summed E-state index contributed by atoms with van der Waals surface area (Å²) in [5.41, 5.74) is 1.19. The second kappa shape index (κ2) is 6.11. The number of aromatic nitrogens is 3. The van der Waals surface area contributed by atoms with E-state index in [9.17, 15) is 0 Å². The summed E-state index contributed by atoms with van der Waals surface area (Å²) in [5.74, 6) is 2.51. The molecule has 0 spiro atoms. The van der Waals surface area contributed by atoms with Crippen LogP contribution in [0.5, 0.6) is 0 Å². The molecule has 0 bridgehead atoms. The molecular formula is C11H20N4S2. The number of hydrogen-bond acceptors (Lipinski definition) is 5. The van der Waals surface area contributed by atoms with Gasteiger partial charge in [0, 0.05) is 29.1 Å². The highest BCUT2D eigenvalue weighted by Gasteiger charge is 2.32. The summed E-state index contributed by atoms with van der Waals surface area (Å²) in [7, 11) is 1.97. The number of aryl methyl sites for hydroxylation is 1. The molecule has 1 fully saturated rings. The van der Waals surface area contributed by atoms with Gasteiger partial charge < -0.3 is 5.32 Å². The van der Waals surface area contributed by atoms with Gasteiger partial charge in [-0.3, -0.25) is 4.68 Å². The maximum Gasteiger partial charge on any atom is 0.0764 e. The lowest BCUT2D eigenvalue weighted by Crippen LogP contribution is -2.38.